The Hall–Kier alpha value is -0.120. The zero-order valence-electron chi connectivity index (χ0n) is 11.3. The molecule has 2 rings (SSSR count). The average molecular weight is 225 g/mol. The third-order valence-electron chi connectivity index (χ3n) is 4.03. The first-order chi connectivity index (χ1) is 7.48. The van der Waals surface area contributed by atoms with E-state index >= 15 is 0 Å². The van der Waals surface area contributed by atoms with E-state index < -0.39 is 0 Å². The number of likely N-dealkylation sites (N-methyl/N-ethyl adjacent to an activating group) is 1. The molecule has 2 saturated heterocycles. The summed E-state index contributed by atoms with van der Waals surface area (Å²) < 4.78 is 0. The molecule has 2 heterocycles. The Morgan fingerprint density at radius 1 is 1.38 bits per heavy atom. The van der Waals surface area contributed by atoms with E-state index in [9.17, 15) is 0 Å². The van der Waals surface area contributed by atoms with Gasteiger partial charge in [0.2, 0.25) is 0 Å². The summed E-state index contributed by atoms with van der Waals surface area (Å²) >= 11 is 0. The Bertz CT molecular complexity index is 237. The predicted molar refractivity (Wildman–Crippen MR) is 68.8 cm³/mol. The summed E-state index contributed by atoms with van der Waals surface area (Å²) in [4.78, 5) is 5.08. The maximum atomic E-state index is 3.64. The number of hydrogen-bond donors (Lipinski definition) is 1. The molecule has 0 bridgehead atoms. The Morgan fingerprint density at radius 2 is 2.12 bits per heavy atom. The predicted octanol–water partition coefficient (Wildman–Crippen LogP) is 1.15. The van der Waals surface area contributed by atoms with Crippen molar-refractivity contribution in [2.75, 3.05) is 33.7 Å². The van der Waals surface area contributed by atoms with Crippen LogP contribution >= 0.6 is 0 Å². The van der Waals surface area contributed by atoms with Crippen LogP contribution in [-0.4, -0.2) is 61.2 Å². The molecule has 0 aliphatic carbocycles. The quantitative estimate of drug-likeness (QED) is 0.777. The third-order valence-corrected chi connectivity index (χ3v) is 4.03. The zero-order chi connectivity index (χ0) is 11.8. The van der Waals surface area contributed by atoms with Crippen LogP contribution in [0.15, 0.2) is 0 Å². The van der Waals surface area contributed by atoms with Crippen LogP contribution in [0.2, 0.25) is 0 Å². The first kappa shape index (κ1) is 12.3. The molecule has 3 nitrogen and oxygen atoms in total. The van der Waals surface area contributed by atoms with Crippen molar-refractivity contribution in [3.63, 3.8) is 0 Å². The van der Waals surface area contributed by atoms with Crippen LogP contribution < -0.4 is 5.32 Å². The minimum Gasteiger partial charge on any atom is -0.310 e. The topological polar surface area (TPSA) is 18.5 Å². The second-order valence-corrected chi connectivity index (χ2v) is 6.42. The summed E-state index contributed by atoms with van der Waals surface area (Å²) in [5.74, 6) is 0. The maximum Gasteiger partial charge on any atom is 0.0241 e. The maximum absolute atomic E-state index is 3.64. The summed E-state index contributed by atoms with van der Waals surface area (Å²) in [6, 6.07) is 1.55. The second-order valence-electron chi connectivity index (χ2n) is 6.42. The van der Waals surface area contributed by atoms with Gasteiger partial charge in [0.25, 0.3) is 0 Å². The van der Waals surface area contributed by atoms with Gasteiger partial charge in [0.1, 0.15) is 0 Å². The standard InChI is InChI=1S/C13H27N3/c1-13(2)8-12(9-14-13)16-7-5-6-11(16)10-15(3)4/h11-12,14H,5-10H2,1-4H3. The summed E-state index contributed by atoms with van der Waals surface area (Å²) in [6.45, 7) is 8.35. The summed E-state index contributed by atoms with van der Waals surface area (Å²) in [6.07, 6.45) is 4.07. The molecular formula is C13H27N3. The minimum absolute atomic E-state index is 0.343. The first-order valence-electron chi connectivity index (χ1n) is 6.63. The molecule has 2 fully saturated rings. The monoisotopic (exact) mass is 225 g/mol. The van der Waals surface area contributed by atoms with Crippen molar-refractivity contribution in [2.24, 2.45) is 0 Å². The van der Waals surface area contributed by atoms with Gasteiger partial charge in [-0.2, -0.15) is 0 Å². The normalized spacial score (nSPS) is 35.1. The van der Waals surface area contributed by atoms with E-state index in [0.29, 0.717) is 5.54 Å². The van der Waals surface area contributed by atoms with E-state index in [1.165, 1.54) is 38.9 Å². The molecule has 2 aliphatic heterocycles. The molecule has 2 atom stereocenters. The Kier molecular flexibility index (Phi) is 3.57. The van der Waals surface area contributed by atoms with Gasteiger partial charge in [0.15, 0.2) is 0 Å². The van der Waals surface area contributed by atoms with E-state index in [1.54, 1.807) is 0 Å². The van der Waals surface area contributed by atoms with Crippen molar-refractivity contribution in [1.82, 2.24) is 15.1 Å². The van der Waals surface area contributed by atoms with E-state index in [1.807, 2.05) is 0 Å². The molecule has 0 aromatic carbocycles. The van der Waals surface area contributed by atoms with Gasteiger partial charge in [0, 0.05) is 30.7 Å². The van der Waals surface area contributed by atoms with Gasteiger partial charge in [0.05, 0.1) is 0 Å². The molecule has 94 valence electrons. The molecule has 0 radical (unpaired) electrons. The third kappa shape index (κ3) is 2.76. The summed E-state index contributed by atoms with van der Waals surface area (Å²) in [5, 5.41) is 3.64. The van der Waals surface area contributed by atoms with Crippen molar-refractivity contribution in [2.45, 2.75) is 50.7 Å². The van der Waals surface area contributed by atoms with Crippen LogP contribution in [0.1, 0.15) is 33.1 Å². The molecule has 0 saturated carbocycles. The second kappa shape index (κ2) is 4.63. The first-order valence-corrected chi connectivity index (χ1v) is 6.63. The van der Waals surface area contributed by atoms with Gasteiger partial charge in [-0.15, -0.1) is 0 Å². The minimum atomic E-state index is 0.343. The highest BCUT2D eigenvalue weighted by atomic mass is 15.3. The van der Waals surface area contributed by atoms with Crippen molar-refractivity contribution >= 4 is 0 Å². The average Bonchev–Trinajstić information content (AvgIpc) is 2.71. The molecule has 2 unspecified atom stereocenters. The molecule has 0 aromatic rings. The van der Waals surface area contributed by atoms with Crippen LogP contribution in [0.4, 0.5) is 0 Å². The highest BCUT2D eigenvalue weighted by Gasteiger charge is 2.38. The molecule has 0 amide bonds. The number of nitrogens with one attached hydrogen (secondary N) is 1. The van der Waals surface area contributed by atoms with E-state index in [0.717, 1.165) is 12.1 Å². The fourth-order valence-electron chi connectivity index (χ4n) is 3.32. The molecule has 2 aliphatic rings. The van der Waals surface area contributed by atoms with E-state index in [-0.39, 0.29) is 0 Å². The van der Waals surface area contributed by atoms with Gasteiger partial charge in [-0.1, -0.05) is 0 Å². The SMILES string of the molecule is CN(C)CC1CCCN1C1CNC(C)(C)C1. The lowest BCUT2D eigenvalue weighted by molar-refractivity contribution is 0.157. The lowest BCUT2D eigenvalue weighted by atomic mass is 10.0. The molecule has 1 N–H and O–H groups in total. The lowest BCUT2D eigenvalue weighted by Gasteiger charge is -2.32. The highest BCUT2D eigenvalue weighted by Crippen LogP contribution is 2.28. The van der Waals surface area contributed by atoms with Gasteiger partial charge in [-0.25, -0.2) is 0 Å². The van der Waals surface area contributed by atoms with Gasteiger partial charge >= 0.3 is 0 Å². The van der Waals surface area contributed by atoms with E-state index in [4.69, 9.17) is 0 Å². The number of likely N-dealkylation sites (tertiary alicyclic amines) is 1. The zero-order valence-corrected chi connectivity index (χ0v) is 11.3. The Morgan fingerprint density at radius 3 is 2.69 bits per heavy atom. The lowest BCUT2D eigenvalue weighted by Crippen LogP contribution is -2.44. The van der Waals surface area contributed by atoms with Crippen LogP contribution in [-0.2, 0) is 0 Å². The summed E-state index contributed by atoms with van der Waals surface area (Å²) in [7, 11) is 4.38. The van der Waals surface area contributed by atoms with E-state index in [2.05, 4.69) is 43.1 Å². The number of hydrogen-bond acceptors (Lipinski definition) is 3. The Balaban J connectivity index is 1.93. The van der Waals surface area contributed by atoms with Crippen molar-refractivity contribution in [3.8, 4) is 0 Å². The van der Waals surface area contributed by atoms with Gasteiger partial charge in [-0.05, 0) is 53.8 Å². The highest BCUT2D eigenvalue weighted by molar-refractivity contribution is 4.97. The Labute approximate surface area is 100 Å². The molecular weight excluding hydrogens is 198 g/mol. The number of rotatable bonds is 3. The van der Waals surface area contributed by atoms with Crippen LogP contribution in [0.25, 0.3) is 0 Å². The molecule has 3 heteroatoms. The smallest absolute Gasteiger partial charge is 0.0241 e. The van der Waals surface area contributed by atoms with Gasteiger partial charge in [-0.3, -0.25) is 4.90 Å². The van der Waals surface area contributed by atoms with Crippen LogP contribution in [0.3, 0.4) is 0 Å². The fourth-order valence-corrected chi connectivity index (χ4v) is 3.32. The summed E-state index contributed by atoms with van der Waals surface area (Å²) in [5.41, 5.74) is 0.343. The van der Waals surface area contributed by atoms with Crippen LogP contribution in [0, 0.1) is 0 Å². The van der Waals surface area contributed by atoms with Gasteiger partial charge < -0.3 is 10.2 Å². The molecule has 0 spiro atoms. The molecule has 16 heavy (non-hydrogen) atoms. The van der Waals surface area contributed by atoms with Crippen molar-refractivity contribution in [3.05, 3.63) is 0 Å². The largest absolute Gasteiger partial charge is 0.310 e. The van der Waals surface area contributed by atoms with Crippen molar-refractivity contribution in [1.29, 1.82) is 0 Å². The fraction of sp³-hybridized carbons (Fsp3) is 1.00. The number of nitrogens with zero attached hydrogens (tertiary/aromatic N) is 2. The van der Waals surface area contributed by atoms with Crippen LogP contribution in [0.5, 0.6) is 0 Å². The molecule has 0 aromatic heterocycles. The van der Waals surface area contributed by atoms with Crippen molar-refractivity contribution < 1.29 is 0 Å².